The van der Waals surface area contributed by atoms with E-state index >= 15 is 0 Å². The SMILES string of the molecule is CCC(F)C(F)(F)C(F)(F)S(=O)(=O)[O-].[Li+]. The molecule has 1 unspecified atom stereocenters. The number of hydrogen-bond acceptors (Lipinski definition) is 3. The second-order valence-corrected chi connectivity index (χ2v) is 3.89. The first-order chi connectivity index (χ1) is 5.98. The predicted octanol–water partition coefficient (Wildman–Crippen LogP) is -1.49. The van der Waals surface area contributed by atoms with Gasteiger partial charge in [-0.25, -0.2) is 12.8 Å². The van der Waals surface area contributed by atoms with Crippen LogP contribution >= 0.6 is 0 Å². The molecule has 0 rings (SSSR count). The van der Waals surface area contributed by atoms with E-state index in [0.29, 0.717) is 0 Å². The second-order valence-electron chi connectivity index (χ2n) is 2.47. The van der Waals surface area contributed by atoms with E-state index in [1.165, 1.54) is 0 Å². The molecule has 3 nitrogen and oxygen atoms in total. The van der Waals surface area contributed by atoms with Gasteiger partial charge >= 0.3 is 30.0 Å². The van der Waals surface area contributed by atoms with Gasteiger partial charge in [0.1, 0.15) is 0 Å². The van der Waals surface area contributed by atoms with Crippen molar-refractivity contribution in [2.24, 2.45) is 0 Å². The normalized spacial score (nSPS) is 15.7. The molecule has 0 aromatic carbocycles. The van der Waals surface area contributed by atoms with Crippen LogP contribution in [-0.2, 0) is 10.1 Å². The summed E-state index contributed by atoms with van der Waals surface area (Å²) in [6.45, 7) is 0.812. The molecule has 0 amide bonds. The van der Waals surface area contributed by atoms with Crippen LogP contribution in [0, 0.1) is 0 Å². The summed E-state index contributed by atoms with van der Waals surface area (Å²) in [6, 6.07) is 0. The summed E-state index contributed by atoms with van der Waals surface area (Å²) in [5.41, 5.74) is 0. The van der Waals surface area contributed by atoms with Crippen molar-refractivity contribution in [1.82, 2.24) is 0 Å². The third kappa shape index (κ3) is 3.06. The average Bonchev–Trinajstić information content (AvgIpc) is 2.00. The molecule has 0 aromatic rings. The van der Waals surface area contributed by atoms with Gasteiger partial charge in [0.25, 0.3) is 0 Å². The molecule has 0 N–H and O–H groups in total. The van der Waals surface area contributed by atoms with E-state index in [1.807, 2.05) is 0 Å². The van der Waals surface area contributed by atoms with Crippen LogP contribution in [-0.4, -0.2) is 30.3 Å². The predicted molar refractivity (Wildman–Crippen MR) is 34.8 cm³/mol. The van der Waals surface area contributed by atoms with Crippen molar-refractivity contribution < 1.29 is 53.8 Å². The van der Waals surface area contributed by atoms with Gasteiger partial charge in [0, 0.05) is 0 Å². The molecule has 0 aliphatic carbocycles. The standard InChI is InChI=1S/C5H7F5O3S.Li/c1-2-3(6)4(7,8)5(9,10)14(11,12)13;/h3H,2H2,1H3,(H,11,12,13);/q;+1/p-1. The largest absolute Gasteiger partial charge is 1.00 e. The Hall–Kier alpha value is 0.157. The maximum atomic E-state index is 12.4. The quantitative estimate of drug-likeness (QED) is 0.346. The summed E-state index contributed by atoms with van der Waals surface area (Å²) in [5, 5.41) is -5.94. The van der Waals surface area contributed by atoms with Gasteiger partial charge in [0.05, 0.1) is 0 Å². The molecular formula is C5H6F5LiO3S. The van der Waals surface area contributed by atoms with Crippen LogP contribution in [0.1, 0.15) is 13.3 Å². The first kappa shape index (κ1) is 17.5. The Kier molecular flexibility index (Phi) is 5.84. The van der Waals surface area contributed by atoms with Gasteiger partial charge in [-0.1, -0.05) is 6.92 Å². The van der Waals surface area contributed by atoms with E-state index in [-0.39, 0.29) is 18.9 Å². The van der Waals surface area contributed by atoms with Gasteiger partial charge in [-0.3, -0.25) is 0 Å². The minimum Gasteiger partial charge on any atom is -0.743 e. The van der Waals surface area contributed by atoms with Crippen LogP contribution in [0.3, 0.4) is 0 Å². The van der Waals surface area contributed by atoms with Gasteiger partial charge in [0.15, 0.2) is 16.3 Å². The van der Waals surface area contributed by atoms with Gasteiger partial charge in [-0.15, -0.1) is 0 Å². The molecule has 86 valence electrons. The molecule has 0 spiro atoms. The van der Waals surface area contributed by atoms with Crippen LogP contribution < -0.4 is 18.9 Å². The van der Waals surface area contributed by atoms with Gasteiger partial charge in [-0.05, 0) is 6.42 Å². The summed E-state index contributed by atoms with van der Waals surface area (Å²) < 4.78 is 90.9. The van der Waals surface area contributed by atoms with E-state index < -0.39 is 33.9 Å². The number of hydrogen-bond donors (Lipinski definition) is 0. The van der Waals surface area contributed by atoms with Crippen LogP contribution in [0.4, 0.5) is 22.0 Å². The Labute approximate surface area is 95.0 Å². The molecule has 0 radical (unpaired) electrons. The smallest absolute Gasteiger partial charge is 0.743 e. The van der Waals surface area contributed by atoms with Crippen LogP contribution in [0.25, 0.3) is 0 Å². The monoisotopic (exact) mass is 248 g/mol. The van der Waals surface area contributed by atoms with E-state index in [2.05, 4.69) is 0 Å². The summed E-state index contributed by atoms with van der Waals surface area (Å²) in [4.78, 5) is 0. The minimum absolute atomic E-state index is 0. The molecule has 0 aromatic heterocycles. The van der Waals surface area contributed by atoms with E-state index in [1.54, 1.807) is 0 Å². The van der Waals surface area contributed by atoms with Crippen molar-refractivity contribution in [3.8, 4) is 0 Å². The Morgan fingerprint density at radius 3 is 1.80 bits per heavy atom. The van der Waals surface area contributed by atoms with E-state index in [9.17, 15) is 34.9 Å². The molecule has 0 saturated heterocycles. The van der Waals surface area contributed by atoms with Crippen LogP contribution in [0.15, 0.2) is 0 Å². The zero-order valence-corrected chi connectivity index (χ0v) is 8.62. The fraction of sp³-hybridized carbons (Fsp3) is 1.00. The Morgan fingerprint density at radius 1 is 1.27 bits per heavy atom. The van der Waals surface area contributed by atoms with Crippen molar-refractivity contribution in [3.05, 3.63) is 0 Å². The van der Waals surface area contributed by atoms with Crippen LogP contribution in [0.2, 0.25) is 0 Å². The molecule has 1 atom stereocenters. The zero-order valence-electron chi connectivity index (χ0n) is 7.81. The van der Waals surface area contributed by atoms with Crippen molar-refractivity contribution in [3.63, 3.8) is 0 Å². The summed E-state index contributed by atoms with van der Waals surface area (Å²) in [5.74, 6) is -5.51. The van der Waals surface area contributed by atoms with Crippen molar-refractivity contribution in [2.45, 2.75) is 30.7 Å². The van der Waals surface area contributed by atoms with Gasteiger partial charge in [-0.2, -0.15) is 17.6 Å². The van der Waals surface area contributed by atoms with Gasteiger partial charge in [0.2, 0.25) is 0 Å². The topological polar surface area (TPSA) is 57.2 Å². The molecule has 0 aliphatic rings. The third-order valence-electron chi connectivity index (χ3n) is 1.45. The fourth-order valence-electron chi connectivity index (χ4n) is 0.605. The Morgan fingerprint density at radius 2 is 1.60 bits per heavy atom. The number of rotatable bonds is 4. The molecule has 15 heavy (non-hydrogen) atoms. The van der Waals surface area contributed by atoms with Gasteiger partial charge < -0.3 is 4.55 Å². The fourth-order valence-corrected chi connectivity index (χ4v) is 1.07. The summed E-state index contributed by atoms with van der Waals surface area (Å²) >= 11 is 0. The number of halogens is 5. The molecule has 0 heterocycles. The third-order valence-corrected chi connectivity index (χ3v) is 2.35. The van der Waals surface area contributed by atoms with Crippen molar-refractivity contribution >= 4 is 10.1 Å². The Balaban J connectivity index is 0. The summed E-state index contributed by atoms with van der Waals surface area (Å²) in [6.07, 6.45) is -4.42. The molecular weight excluding hydrogens is 242 g/mol. The van der Waals surface area contributed by atoms with Crippen LogP contribution in [0.5, 0.6) is 0 Å². The zero-order chi connectivity index (χ0) is 11.8. The minimum atomic E-state index is -6.59. The first-order valence-corrected chi connectivity index (χ1v) is 4.74. The molecule has 0 saturated carbocycles. The maximum Gasteiger partial charge on any atom is 1.00 e. The van der Waals surface area contributed by atoms with E-state index in [0.717, 1.165) is 6.92 Å². The van der Waals surface area contributed by atoms with Crippen molar-refractivity contribution in [1.29, 1.82) is 0 Å². The molecule has 0 fully saturated rings. The molecule has 10 heteroatoms. The van der Waals surface area contributed by atoms with Crippen molar-refractivity contribution in [2.75, 3.05) is 0 Å². The number of alkyl halides is 5. The first-order valence-electron chi connectivity index (χ1n) is 3.33. The maximum absolute atomic E-state index is 12.4. The second kappa shape index (κ2) is 4.99. The average molecular weight is 248 g/mol. The summed E-state index contributed by atoms with van der Waals surface area (Å²) in [7, 11) is -6.59. The molecule has 0 aliphatic heterocycles. The van der Waals surface area contributed by atoms with E-state index in [4.69, 9.17) is 0 Å². The Bertz CT molecular complexity index is 304. The molecule has 0 bridgehead atoms.